The van der Waals surface area contributed by atoms with Crippen LogP contribution in [-0.4, -0.2) is 28.2 Å². The number of rotatable bonds is 6. The van der Waals surface area contributed by atoms with Gasteiger partial charge in [0.25, 0.3) is 0 Å². The summed E-state index contributed by atoms with van der Waals surface area (Å²) in [5.74, 6) is 2.89. The quantitative estimate of drug-likeness (QED) is 0.216. The second kappa shape index (κ2) is 9.07. The van der Waals surface area contributed by atoms with E-state index in [0.717, 1.165) is 35.6 Å². The zero-order chi connectivity index (χ0) is 13.6. The summed E-state index contributed by atoms with van der Waals surface area (Å²) >= 11 is 8.28. The first-order valence-corrected chi connectivity index (χ1v) is 7.90. The van der Waals surface area contributed by atoms with Crippen molar-refractivity contribution < 1.29 is 16.9 Å². The van der Waals surface area contributed by atoms with Crippen molar-refractivity contribution in [3.8, 4) is 12.3 Å². The molecule has 1 rings (SSSR count). The van der Waals surface area contributed by atoms with E-state index >= 15 is 0 Å². The van der Waals surface area contributed by atoms with Gasteiger partial charge in [-0.25, -0.2) is 0 Å². The molecule has 106 valence electrons. The maximum Gasteiger partial charge on any atom is 0.200 e. The number of benzene rings is 1. The molecule has 0 radical (unpaired) electrons. The Morgan fingerprint density at radius 3 is 2.21 bits per heavy atom. The Morgan fingerprint density at radius 2 is 1.79 bits per heavy atom. The summed E-state index contributed by atoms with van der Waals surface area (Å²) in [7, 11) is 0. The van der Waals surface area contributed by atoms with Crippen molar-refractivity contribution in [2.24, 2.45) is 0 Å². The summed E-state index contributed by atoms with van der Waals surface area (Å²) in [5, 5.41) is 0.792. The SMILES string of the molecule is C#CC(I)[N+](CC)(CC)CCc1ccc(Cl)cc1.[Cl-]. The van der Waals surface area contributed by atoms with Crippen molar-refractivity contribution in [1.29, 1.82) is 0 Å². The molecule has 1 unspecified atom stereocenters. The van der Waals surface area contributed by atoms with E-state index in [9.17, 15) is 0 Å². The van der Waals surface area contributed by atoms with Gasteiger partial charge in [-0.1, -0.05) is 23.7 Å². The molecule has 0 aromatic heterocycles. The average Bonchev–Trinajstić information content (AvgIpc) is 2.42. The minimum absolute atomic E-state index is 0. The summed E-state index contributed by atoms with van der Waals surface area (Å²) in [4.78, 5) is 0. The van der Waals surface area contributed by atoms with Gasteiger partial charge in [-0.05, 0) is 37.5 Å². The van der Waals surface area contributed by atoms with Gasteiger partial charge in [0.15, 0.2) is 0 Å². The molecule has 19 heavy (non-hydrogen) atoms. The first-order valence-electron chi connectivity index (χ1n) is 6.28. The van der Waals surface area contributed by atoms with Gasteiger partial charge in [-0.3, -0.25) is 0 Å². The highest BCUT2D eigenvalue weighted by molar-refractivity contribution is 14.1. The van der Waals surface area contributed by atoms with Gasteiger partial charge >= 0.3 is 0 Å². The highest BCUT2D eigenvalue weighted by atomic mass is 127. The van der Waals surface area contributed by atoms with Crippen LogP contribution in [0.15, 0.2) is 24.3 Å². The van der Waals surface area contributed by atoms with Crippen LogP contribution in [0.25, 0.3) is 0 Å². The lowest BCUT2D eigenvalue weighted by Crippen LogP contribution is -3.00. The maximum atomic E-state index is 5.90. The van der Waals surface area contributed by atoms with Crippen molar-refractivity contribution in [3.63, 3.8) is 0 Å². The van der Waals surface area contributed by atoms with Crippen LogP contribution in [0, 0.1) is 12.3 Å². The van der Waals surface area contributed by atoms with E-state index in [1.54, 1.807) is 0 Å². The normalized spacial score (nSPS) is 12.4. The molecule has 0 N–H and O–H groups in total. The monoisotopic (exact) mass is 411 g/mol. The lowest BCUT2D eigenvalue weighted by atomic mass is 10.1. The molecule has 0 aliphatic heterocycles. The third-order valence-electron chi connectivity index (χ3n) is 3.64. The third-order valence-corrected chi connectivity index (χ3v) is 5.43. The molecule has 1 nitrogen and oxygen atoms in total. The molecular formula is C15H20Cl2IN. The number of hydrogen-bond acceptors (Lipinski definition) is 0. The average molecular weight is 412 g/mol. The van der Waals surface area contributed by atoms with E-state index in [2.05, 4.69) is 54.5 Å². The number of likely N-dealkylation sites (N-methyl/N-ethyl adjacent to an activating group) is 1. The first kappa shape index (κ1) is 19.1. The van der Waals surface area contributed by atoms with E-state index in [0.29, 0.717) is 0 Å². The summed E-state index contributed by atoms with van der Waals surface area (Å²) in [5.41, 5.74) is 1.32. The lowest BCUT2D eigenvalue weighted by Gasteiger charge is -2.39. The Morgan fingerprint density at radius 1 is 1.26 bits per heavy atom. The number of nitrogens with zero attached hydrogens (tertiary/aromatic N) is 1. The standard InChI is InChI=1S/C15H20ClIN.ClH/c1-4-15(17)18(5-2,6-3)12-11-13-7-9-14(16)10-8-13;/h1,7-10,15H,5-6,11-12H2,2-3H3;1H/q+1;/p-1. The molecule has 0 heterocycles. The molecule has 4 heteroatoms. The van der Waals surface area contributed by atoms with Crippen LogP contribution < -0.4 is 12.4 Å². The Labute approximate surface area is 141 Å². The zero-order valence-corrected chi connectivity index (χ0v) is 15.0. The minimum Gasteiger partial charge on any atom is -1.00 e. The van der Waals surface area contributed by atoms with E-state index in [4.69, 9.17) is 18.0 Å². The minimum atomic E-state index is 0. The van der Waals surface area contributed by atoms with Gasteiger partial charge in [0.1, 0.15) is 0 Å². The maximum absolute atomic E-state index is 5.90. The van der Waals surface area contributed by atoms with Crippen molar-refractivity contribution in [2.45, 2.75) is 24.3 Å². The van der Waals surface area contributed by atoms with Gasteiger partial charge in [0.05, 0.1) is 19.6 Å². The van der Waals surface area contributed by atoms with Crippen LogP contribution in [0.3, 0.4) is 0 Å². The predicted octanol–water partition coefficient (Wildman–Crippen LogP) is 1.14. The Bertz CT molecular complexity index is 407. The summed E-state index contributed by atoms with van der Waals surface area (Å²) < 4.78 is 1.21. The molecule has 1 aromatic carbocycles. The largest absolute Gasteiger partial charge is 1.00 e. The Kier molecular flexibility index (Phi) is 9.10. The van der Waals surface area contributed by atoms with Gasteiger partial charge in [-0.2, -0.15) is 0 Å². The molecule has 0 aliphatic rings. The van der Waals surface area contributed by atoms with Crippen LogP contribution >= 0.6 is 34.2 Å². The predicted molar refractivity (Wildman–Crippen MR) is 88.0 cm³/mol. The smallest absolute Gasteiger partial charge is 0.200 e. The fourth-order valence-corrected chi connectivity index (χ4v) is 3.33. The molecule has 1 aromatic rings. The van der Waals surface area contributed by atoms with Gasteiger partial charge < -0.3 is 16.9 Å². The van der Waals surface area contributed by atoms with E-state index in [1.165, 1.54) is 5.56 Å². The van der Waals surface area contributed by atoms with E-state index < -0.39 is 0 Å². The first-order chi connectivity index (χ1) is 8.57. The molecule has 0 saturated heterocycles. The molecule has 0 bridgehead atoms. The number of halogens is 3. The summed E-state index contributed by atoms with van der Waals surface area (Å²) in [6.45, 7) is 7.65. The fraction of sp³-hybridized carbons (Fsp3) is 0.467. The van der Waals surface area contributed by atoms with Crippen LogP contribution in [-0.2, 0) is 6.42 Å². The van der Waals surface area contributed by atoms with Crippen molar-refractivity contribution >= 4 is 34.2 Å². The topological polar surface area (TPSA) is 0 Å². The van der Waals surface area contributed by atoms with Gasteiger partial charge in [0.2, 0.25) is 4.05 Å². The second-order valence-corrected chi connectivity index (χ2v) is 6.07. The summed E-state index contributed by atoms with van der Waals surface area (Å²) in [6, 6.07) is 8.10. The van der Waals surface area contributed by atoms with Crippen LogP contribution in [0.2, 0.25) is 5.02 Å². The second-order valence-electron chi connectivity index (χ2n) is 4.45. The van der Waals surface area contributed by atoms with E-state index in [-0.39, 0.29) is 16.5 Å². The zero-order valence-electron chi connectivity index (χ0n) is 11.4. The van der Waals surface area contributed by atoms with Gasteiger partial charge in [0, 0.05) is 34.0 Å². The molecule has 0 spiro atoms. The molecule has 0 aliphatic carbocycles. The number of hydrogen-bond donors (Lipinski definition) is 0. The van der Waals surface area contributed by atoms with Crippen LogP contribution in [0.5, 0.6) is 0 Å². The molecular weight excluding hydrogens is 392 g/mol. The highest BCUT2D eigenvalue weighted by Crippen LogP contribution is 2.20. The molecule has 0 saturated carbocycles. The molecule has 0 fully saturated rings. The van der Waals surface area contributed by atoms with Crippen molar-refractivity contribution in [2.75, 3.05) is 19.6 Å². The number of alkyl halides is 1. The number of quaternary nitrogens is 1. The van der Waals surface area contributed by atoms with Crippen LogP contribution in [0.4, 0.5) is 0 Å². The fourth-order valence-electron chi connectivity index (χ4n) is 2.13. The third kappa shape index (κ3) is 5.15. The van der Waals surface area contributed by atoms with Crippen LogP contribution in [0.1, 0.15) is 19.4 Å². The van der Waals surface area contributed by atoms with E-state index in [1.807, 2.05) is 12.1 Å². The summed E-state index contributed by atoms with van der Waals surface area (Å²) in [6.07, 6.45) is 6.65. The van der Waals surface area contributed by atoms with Crippen molar-refractivity contribution in [3.05, 3.63) is 34.9 Å². The van der Waals surface area contributed by atoms with Gasteiger partial charge in [-0.15, -0.1) is 6.42 Å². The molecule has 1 atom stereocenters. The highest BCUT2D eigenvalue weighted by Gasteiger charge is 2.29. The Hall–Kier alpha value is 0.0500. The Balaban J connectivity index is 0.00000324. The lowest BCUT2D eigenvalue weighted by molar-refractivity contribution is -0.923. The molecule has 0 amide bonds. The van der Waals surface area contributed by atoms with Crippen molar-refractivity contribution in [1.82, 2.24) is 0 Å². The number of terminal acetylenes is 1.